The van der Waals surface area contributed by atoms with Crippen LogP contribution in [0.2, 0.25) is 0 Å². The lowest BCUT2D eigenvalue weighted by molar-refractivity contribution is 0.342. The molecule has 22 heavy (non-hydrogen) atoms. The van der Waals surface area contributed by atoms with Gasteiger partial charge in [0.15, 0.2) is 0 Å². The van der Waals surface area contributed by atoms with Crippen molar-refractivity contribution < 1.29 is 4.74 Å². The number of nitrogens with zero attached hydrogens (tertiary/aromatic N) is 1. The number of fused-ring (bicyclic) bond motifs is 2. The summed E-state index contributed by atoms with van der Waals surface area (Å²) in [5.74, 6) is 1.71. The van der Waals surface area contributed by atoms with Gasteiger partial charge in [0.25, 0.3) is 0 Å². The molecule has 3 heteroatoms. The Kier molecular flexibility index (Phi) is 3.04. The van der Waals surface area contributed by atoms with Crippen LogP contribution in [-0.2, 0) is 0 Å². The predicted molar refractivity (Wildman–Crippen MR) is 90.2 cm³/mol. The van der Waals surface area contributed by atoms with Crippen LogP contribution in [0.1, 0.15) is 6.92 Å². The highest BCUT2D eigenvalue weighted by Crippen LogP contribution is 2.36. The van der Waals surface area contributed by atoms with Gasteiger partial charge in [-0.15, -0.1) is 0 Å². The number of para-hydroxylation sites is 2. The molecule has 0 radical (unpaired) electrons. The van der Waals surface area contributed by atoms with E-state index in [4.69, 9.17) is 9.72 Å². The van der Waals surface area contributed by atoms with Crippen molar-refractivity contribution in [2.45, 2.75) is 6.92 Å². The summed E-state index contributed by atoms with van der Waals surface area (Å²) in [7, 11) is 0. The third-order valence-corrected chi connectivity index (χ3v) is 3.82. The van der Waals surface area contributed by atoms with Crippen LogP contribution in [0.25, 0.3) is 33.2 Å². The zero-order chi connectivity index (χ0) is 14.9. The quantitative estimate of drug-likeness (QED) is 0.589. The molecule has 108 valence electrons. The summed E-state index contributed by atoms with van der Waals surface area (Å²) in [5.41, 5.74) is 3.02. The molecule has 0 unspecified atom stereocenters. The Morgan fingerprint density at radius 1 is 0.955 bits per heavy atom. The van der Waals surface area contributed by atoms with Crippen molar-refractivity contribution in [2.24, 2.45) is 0 Å². The number of benzene rings is 3. The third-order valence-electron chi connectivity index (χ3n) is 3.82. The minimum atomic E-state index is 0.631. The van der Waals surface area contributed by atoms with E-state index in [-0.39, 0.29) is 0 Å². The lowest BCUT2D eigenvalue weighted by Crippen LogP contribution is -1.95. The molecule has 4 rings (SSSR count). The van der Waals surface area contributed by atoms with Crippen LogP contribution >= 0.6 is 0 Å². The van der Waals surface area contributed by atoms with Crippen molar-refractivity contribution in [2.75, 3.05) is 6.61 Å². The fraction of sp³-hybridized carbons (Fsp3) is 0.105. The first kappa shape index (κ1) is 12.9. The third kappa shape index (κ3) is 2.02. The van der Waals surface area contributed by atoms with Crippen molar-refractivity contribution in [1.82, 2.24) is 9.97 Å². The first-order valence-corrected chi connectivity index (χ1v) is 7.46. The van der Waals surface area contributed by atoms with E-state index in [0.717, 1.165) is 33.6 Å². The van der Waals surface area contributed by atoms with E-state index in [0.29, 0.717) is 6.61 Å². The van der Waals surface area contributed by atoms with Gasteiger partial charge in [-0.3, -0.25) is 0 Å². The molecule has 1 heterocycles. The maximum atomic E-state index is 5.84. The number of rotatable bonds is 3. The maximum absolute atomic E-state index is 5.84. The second-order valence-corrected chi connectivity index (χ2v) is 5.20. The van der Waals surface area contributed by atoms with Crippen LogP contribution in [-0.4, -0.2) is 16.6 Å². The van der Waals surface area contributed by atoms with E-state index < -0.39 is 0 Å². The number of hydrogen-bond donors (Lipinski definition) is 1. The normalized spacial score (nSPS) is 11.1. The van der Waals surface area contributed by atoms with Crippen LogP contribution in [0.3, 0.4) is 0 Å². The monoisotopic (exact) mass is 288 g/mol. The fourth-order valence-corrected chi connectivity index (χ4v) is 2.84. The Morgan fingerprint density at radius 3 is 2.64 bits per heavy atom. The molecule has 3 nitrogen and oxygen atoms in total. The topological polar surface area (TPSA) is 37.9 Å². The van der Waals surface area contributed by atoms with Gasteiger partial charge in [-0.1, -0.05) is 42.5 Å². The second-order valence-electron chi connectivity index (χ2n) is 5.20. The lowest BCUT2D eigenvalue weighted by atomic mass is 10.0. The van der Waals surface area contributed by atoms with Gasteiger partial charge in [0.1, 0.15) is 11.6 Å². The van der Waals surface area contributed by atoms with Crippen molar-refractivity contribution in [3.05, 3.63) is 60.7 Å². The molecule has 0 saturated carbocycles. The molecule has 0 bridgehead atoms. The second kappa shape index (κ2) is 5.19. The Bertz CT molecular complexity index is 923. The smallest absolute Gasteiger partial charge is 0.142 e. The highest BCUT2D eigenvalue weighted by atomic mass is 16.5. The molecule has 1 N–H and O–H groups in total. The van der Waals surface area contributed by atoms with Crippen molar-refractivity contribution in [3.8, 4) is 17.1 Å². The summed E-state index contributed by atoms with van der Waals surface area (Å²) in [6.07, 6.45) is 0. The van der Waals surface area contributed by atoms with Crippen molar-refractivity contribution >= 4 is 21.8 Å². The van der Waals surface area contributed by atoms with E-state index in [9.17, 15) is 0 Å². The Balaban J connectivity index is 2.04. The number of hydrogen-bond acceptors (Lipinski definition) is 2. The molecule has 0 spiro atoms. The summed E-state index contributed by atoms with van der Waals surface area (Å²) in [5, 5.41) is 2.33. The van der Waals surface area contributed by atoms with E-state index in [1.165, 1.54) is 5.39 Å². The molecule has 0 atom stereocenters. The number of imidazole rings is 1. The molecule has 1 aromatic heterocycles. The minimum Gasteiger partial charge on any atom is -0.493 e. The first-order valence-electron chi connectivity index (χ1n) is 7.46. The maximum Gasteiger partial charge on any atom is 0.142 e. The number of aromatic nitrogens is 2. The zero-order valence-electron chi connectivity index (χ0n) is 12.3. The Hall–Kier alpha value is -2.81. The average molecular weight is 288 g/mol. The molecule has 0 saturated heterocycles. The van der Waals surface area contributed by atoms with Gasteiger partial charge in [-0.25, -0.2) is 4.98 Å². The predicted octanol–water partition coefficient (Wildman–Crippen LogP) is 4.78. The van der Waals surface area contributed by atoms with E-state index >= 15 is 0 Å². The van der Waals surface area contributed by atoms with E-state index in [1.54, 1.807) is 0 Å². The molecule has 0 aliphatic rings. The lowest BCUT2D eigenvalue weighted by Gasteiger charge is -2.11. The molecule has 3 aromatic carbocycles. The van der Waals surface area contributed by atoms with Gasteiger partial charge < -0.3 is 9.72 Å². The average Bonchev–Trinajstić information content (AvgIpc) is 2.98. The van der Waals surface area contributed by atoms with Gasteiger partial charge in [0.2, 0.25) is 0 Å². The number of ether oxygens (including phenoxy) is 1. The molecule has 0 amide bonds. The molecular formula is C19H16N2O. The van der Waals surface area contributed by atoms with Gasteiger partial charge >= 0.3 is 0 Å². The first-order chi connectivity index (χ1) is 10.9. The summed E-state index contributed by atoms with van der Waals surface area (Å²) >= 11 is 0. The van der Waals surface area contributed by atoms with Gasteiger partial charge in [0.05, 0.1) is 23.2 Å². The van der Waals surface area contributed by atoms with E-state index in [2.05, 4.69) is 23.2 Å². The van der Waals surface area contributed by atoms with Crippen molar-refractivity contribution in [1.29, 1.82) is 0 Å². The summed E-state index contributed by atoms with van der Waals surface area (Å²) in [4.78, 5) is 8.15. The van der Waals surface area contributed by atoms with Crippen LogP contribution in [0.4, 0.5) is 0 Å². The standard InChI is InChI=1S/C19H16N2O/c1-2-22-17-12-11-13-7-3-4-8-14(13)18(17)19-20-15-9-5-6-10-16(15)21-19/h3-12H,2H2,1H3,(H,20,21). The Morgan fingerprint density at radius 2 is 1.77 bits per heavy atom. The Labute approximate surface area is 128 Å². The van der Waals surface area contributed by atoms with E-state index in [1.807, 2.05) is 49.4 Å². The van der Waals surface area contributed by atoms with Crippen LogP contribution < -0.4 is 4.74 Å². The fourth-order valence-electron chi connectivity index (χ4n) is 2.84. The van der Waals surface area contributed by atoms with Crippen LogP contribution in [0.15, 0.2) is 60.7 Å². The highest BCUT2D eigenvalue weighted by Gasteiger charge is 2.14. The molecule has 0 aliphatic heterocycles. The molecule has 0 fully saturated rings. The SMILES string of the molecule is CCOc1ccc2ccccc2c1-c1nc2ccccc2[nH]1. The van der Waals surface area contributed by atoms with Crippen LogP contribution in [0, 0.1) is 0 Å². The molecule has 4 aromatic rings. The molecule has 0 aliphatic carbocycles. The highest BCUT2D eigenvalue weighted by molar-refractivity contribution is 5.99. The van der Waals surface area contributed by atoms with Gasteiger partial charge in [-0.2, -0.15) is 0 Å². The van der Waals surface area contributed by atoms with Gasteiger partial charge in [0, 0.05) is 0 Å². The summed E-state index contributed by atoms with van der Waals surface area (Å²) < 4.78 is 5.84. The minimum absolute atomic E-state index is 0.631. The number of H-pyrrole nitrogens is 1. The van der Waals surface area contributed by atoms with Gasteiger partial charge in [-0.05, 0) is 35.9 Å². The number of nitrogens with one attached hydrogen (secondary N) is 1. The summed E-state index contributed by atoms with van der Waals surface area (Å²) in [6.45, 7) is 2.63. The zero-order valence-corrected chi connectivity index (χ0v) is 12.3. The molecular weight excluding hydrogens is 272 g/mol. The largest absolute Gasteiger partial charge is 0.493 e. The van der Waals surface area contributed by atoms with Crippen LogP contribution in [0.5, 0.6) is 5.75 Å². The summed E-state index contributed by atoms with van der Waals surface area (Å²) in [6, 6.07) is 20.5. The number of aromatic amines is 1. The van der Waals surface area contributed by atoms with Crippen molar-refractivity contribution in [3.63, 3.8) is 0 Å².